The van der Waals surface area contributed by atoms with Gasteiger partial charge in [0.25, 0.3) is 0 Å². The van der Waals surface area contributed by atoms with E-state index in [1.54, 1.807) is 6.20 Å². The molecule has 4 atom stereocenters. The first kappa shape index (κ1) is 34.6. The average Bonchev–Trinajstić information content (AvgIpc) is 3.40. The lowest BCUT2D eigenvalue weighted by atomic mass is 10.0. The lowest BCUT2D eigenvalue weighted by Crippen LogP contribution is -2.57. The van der Waals surface area contributed by atoms with Gasteiger partial charge in [-0.15, -0.1) is 0 Å². The van der Waals surface area contributed by atoms with E-state index in [0.29, 0.717) is 6.42 Å². The minimum absolute atomic E-state index is 0.00262. The first-order valence-corrected chi connectivity index (χ1v) is 15.0. The SMILES string of the molecule is CC(C)CC(NC(=O)C(CCCN=C(N)N)NC(=O)C(Cc1c[nH]c2ccccc12)NC(=O)C(N)Cc1ccccc1)C(=O)O. The molecular weight excluding hydrogens is 576 g/mol. The second-order valence-electron chi connectivity index (χ2n) is 11.5. The third kappa shape index (κ3) is 10.9. The highest BCUT2D eigenvalue weighted by atomic mass is 16.4. The lowest BCUT2D eigenvalue weighted by molar-refractivity contribution is -0.142. The molecule has 242 valence electrons. The Hall–Kier alpha value is -4.91. The Bertz CT molecular complexity index is 1470. The van der Waals surface area contributed by atoms with Gasteiger partial charge in [-0.1, -0.05) is 62.4 Å². The highest BCUT2D eigenvalue weighted by Gasteiger charge is 2.31. The van der Waals surface area contributed by atoms with Gasteiger partial charge in [-0.25, -0.2) is 4.79 Å². The van der Waals surface area contributed by atoms with Crippen LogP contribution in [0.25, 0.3) is 10.9 Å². The zero-order chi connectivity index (χ0) is 32.9. The number of benzene rings is 2. The number of amides is 3. The minimum Gasteiger partial charge on any atom is -0.480 e. The average molecular weight is 621 g/mol. The van der Waals surface area contributed by atoms with Crippen LogP contribution < -0.4 is 33.2 Å². The maximum absolute atomic E-state index is 13.8. The number of hydrogen-bond acceptors (Lipinski definition) is 6. The van der Waals surface area contributed by atoms with Crippen molar-refractivity contribution in [3.05, 3.63) is 71.9 Å². The predicted molar refractivity (Wildman–Crippen MR) is 173 cm³/mol. The van der Waals surface area contributed by atoms with Gasteiger partial charge in [-0.05, 0) is 48.8 Å². The fourth-order valence-corrected chi connectivity index (χ4v) is 4.98. The summed E-state index contributed by atoms with van der Waals surface area (Å²) in [5.74, 6) is -3.12. The van der Waals surface area contributed by atoms with Crippen LogP contribution in [0.5, 0.6) is 0 Å². The number of para-hydroxylation sites is 1. The van der Waals surface area contributed by atoms with Crippen LogP contribution in [0.3, 0.4) is 0 Å². The number of carboxylic acids is 1. The van der Waals surface area contributed by atoms with Gasteiger partial charge in [0.15, 0.2) is 5.96 Å². The second-order valence-corrected chi connectivity index (χ2v) is 11.5. The van der Waals surface area contributed by atoms with Crippen molar-refractivity contribution in [2.24, 2.45) is 28.1 Å². The van der Waals surface area contributed by atoms with Crippen LogP contribution in [0.4, 0.5) is 0 Å². The fourth-order valence-electron chi connectivity index (χ4n) is 4.98. The standard InChI is InChI=1S/C32H44N8O5/c1-19(2)15-27(31(44)45)40-29(42)25(13-8-14-36-32(34)35)38-30(43)26(17-21-18-37-24-12-7-6-11-22(21)24)39-28(41)23(33)16-20-9-4-3-5-10-20/h3-7,9-12,18-19,23,25-27,37H,8,13-17,33H2,1-2H3,(H,38,43)(H,39,41)(H,40,42)(H,44,45)(H4,34,35,36). The first-order valence-electron chi connectivity index (χ1n) is 15.0. The summed E-state index contributed by atoms with van der Waals surface area (Å²) in [5, 5.41) is 18.6. The summed E-state index contributed by atoms with van der Waals surface area (Å²) in [7, 11) is 0. The molecule has 13 nitrogen and oxygen atoms in total. The van der Waals surface area contributed by atoms with Gasteiger partial charge in [0.1, 0.15) is 18.1 Å². The van der Waals surface area contributed by atoms with E-state index in [4.69, 9.17) is 17.2 Å². The zero-order valence-electron chi connectivity index (χ0n) is 25.7. The number of nitrogens with one attached hydrogen (secondary N) is 4. The topological polar surface area (TPSA) is 231 Å². The number of fused-ring (bicyclic) bond motifs is 1. The molecule has 3 rings (SSSR count). The molecule has 0 aliphatic rings. The first-order chi connectivity index (χ1) is 21.4. The van der Waals surface area contributed by atoms with E-state index in [9.17, 15) is 24.3 Å². The third-order valence-electron chi connectivity index (χ3n) is 7.27. The minimum atomic E-state index is -1.18. The summed E-state index contributed by atoms with van der Waals surface area (Å²) < 4.78 is 0. The number of nitrogens with zero attached hydrogens (tertiary/aromatic N) is 1. The molecule has 0 fully saturated rings. The summed E-state index contributed by atoms with van der Waals surface area (Å²) in [6.07, 6.45) is 2.77. The summed E-state index contributed by atoms with van der Waals surface area (Å²) in [6, 6.07) is 12.5. The number of guanidine groups is 1. The van der Waals surface area contributed by atoms with Crippen molar-refractivity contribution < 1.29 is 24.3 Å². The molecule has 3 amide bonds. The molecule has 0 bridgehead atoms. The second kappa shape index (κ2) is 16.8. The number of aliphatic carboxylic acids is 1. The van der Waals surface area contributed by atoms with Crippen LogP contribution >= 0.6 is 0 Å². The van der Waals surface area contributed by atoms with Gasteiger partial charge in [0, 0.05) is 30.1 Å². The molecule has 0 saturated heterocycles. The van der Waals surface area contributed by atoms with Crippen molar-refractivity contribution in [2.75, 3.05) is 6.54 Å². The molecule has 4 unspecified atom stereocenters. The molecule has 0 saturated carbocycles. The van der Waals surface area contributed by atoms with Crippen LogP contribution in [0.1, 0.15) is 44.2 Å². The normalized spacial score (nSPS) is 13.8. The van der Waals surface area contributed by atoms with Gasteiger partial charge in [0.05, 0.1) is 6.04 Å². The largest absolute Gasteiger partial charge is 0.480 e. The van der Waals surface area contributed by atoms with Crippen LogP contribution in [-0.2, 0) is 32.0 Å². The molecule has 1 aromatic heterocycles. The van der Waals surface area contributed by atoms with Crippen LogP contribution in [0.2, 0.25) is 0 Å². The number of carbonyl (C=O) groups excluding carboxylic acids is 3. The Morgan fingerprint density at radius 1 is 0.844 bits per heavy atom. The molecule has 1 heterocycles. The van der Waals surface area contributed by atoms with Gasteiger partial charge in [0.2, 0.25) is 17.7 Å². The highest BCUT2D eigenvalue weighted by molar-refractivity contribution is 5.95. The third-order valence-corrected chi connectivity index (χ3v) is 7.27. The number of carbonyl (C=O) groups is 4. The number of aromatic amines is 1. The van der Waals surface area contributed by atoms with E-state index < -0.39 is 47.9 Å². The van der Waals surface area contributed by atoms with E-state index in [0.717, 1.165) is 22.0 Å². The summed E-state index contributed by atoms with van der Waals surface area (Å²) >= 11 is 0. The summed E-state index contributed by atoms with van der Waals surface area (Å²) in [6.45, 7) is 3.88. The van der Waals surface area contributed by atoms with Crippen molar-refractivity contribution in [1.82, 2.24) is 20.9 Å². The zero-order valence-corrected chi connectivity index (χ0v) is 25.7. The predicted octanol–water partition coefficient (Wildman–Crippen LogP) is 0.919. The Morgan fingerprint density at radius 3 is 2.13 bits per heavy atom. The molecule has 0 aliphatic heterocycles. The monoisotopic (exact) mass is 620 g/mol. The molecule has 3 aromatic rings. The number of H-pyrrole nitrogens is 1. The number of aliphatic imine (C=N–C) groups is 1. The van der Waals surface area contributed by atoms with E-state index in [2.05, 4.69) is 25.9 Å². The summed E-state index contributed by atoms with van der Waals surface area (Å²) in [5.41, 5.74) is 19.6. The molecule has 0 radical (unpaired) electrons. The van der Waals surface area contributed by atoms with Gasteiger partial charge in [-0.2, -0.15) is 0 Å². The molecule has 2 aromatic carbocycles. The lowest BCUT2D eigenvalue weighted by Gasteiger charge is -2.25. The van der Waals surface area contributed by atoms with Crippen LogP contribution in [0, 0.1) is 5.92 Å². The Morgan fingerprint density at radius 2 is 1.47 bits per heavy atom. The smallest absolute Gasteiger partial charge is 0.326 e. The van der Waals surface area contributed by atoms with Gasteiger partial charge < -0.3 is 43.2 Å². The molecule has 0 aliphatic carbocycles. The van der Waals surface area contributed by atoms with Gasteiger partial charge in [-0.3, -0.25) is 19.4 Å². The van der Waals surface area contributed by atoms with E-state index >= 15 is 0 Å². The Balaban J connectivity index is 1.84. The van der Waals surface area contributed by atoms with Gasteiger partial charge >= 0.3 is 5.97 Å². The van der Waals surface area contributed by atoms with Crippen molar-refractivity contribution in [1.29, 1.82) is 0 Å². The highest BCUT2D eigenvalue weighted by Crippen LogP contribution is 2.19. The van der Waals surface area contributed by atoms with Crippen LogP contribution in [0.15, 0.2) is 65.8 Å². The molecule has 13 heteroatoms. The molecule has 11 N–H and O–H groups in total. The molecule has 45 heavy (non-hydrogen) atoms. The summed E-state index contributed by atoms with van der Waals surface area (Å²) in [4.78, 5) is 59.4. The molecule has 0 spiro atoms. The Labute approximate surface area is 262 Å². The quantitative estimate of drug-likeness (QED) is 0.0613. The fraction of sp³-hybridized carbons (Fsp3) is 0.406. The van der Waals surface area contributed by atoms with Crippen molar-refractivity contribution in [3.63, 3.8) is 0 Å². The van der Waals surface area contributed by atoms with Crippen molar-refractivity contribution in [2.45, 2.75) is 70.1 Å². The van der Waals surface area contributed by atoms with E-state index in [-0.39, 0.29) is 44.1 Å². The van der Waals surface area contributed by atoms with E-state index in [1.807, 2.05) is 68.4 Å². The maximum Gasteiger partial charge on any atom is 0.326 e. The van der Waals surface area contributed by atoms with Crippen molar-refractivity contribution in [3.8, 4) is 0 Å². The maximum atomic E-state index is 13.8. The number of aromatic nitrogens is 1. The number of rotatable bonds is 17. The molecular formula is C32H44N8O5. The number of carboxylic acid groups (broad SMARTS) is 1. The Kier molecular flexibility index (Phi) is 12.9. The number of hydrogen-bond donors (Lipinski definition) is 8. The van der Waals surface area contributed by atoms with Crippen molar-refractivity contribution >= 4 is 40.6 Å². The van der Waals surface area contributed by atoms with E-state index in [1.165, 1.54) is 0 Å². The number of nitrogens with two attached hydrogens (primary N) is 3. The van der Waals surface area contributed by atoms with Crippen LogP contribution in [-0.4, -0.2) is 70.5 Å².